The normalized spacial score (nSPS) is 31.7. The summed E-state index contributed by atoms with van der Waals surface area (Å²) in [5, 5.41) is 3.01. The number of rotatable bonds is 3. The highest BCUT2D eigenvalue weighted by molar-refractivity contribution is 5.79. The van der Waals surface area contributed by atoms with Gasteiger partial charge >= 0.3 is 0 Å². The van der Waals surface area contributed by atoms with Gasteiger partial charge in [0.25, 0.3) is 0 Å². The summed E-state index contributed by atoms with van der Waals surface area (Å²) >= 11 is 0. The van der Waals surface area contributed by atoms with Crippen molar-refractivity contribution in [1.29, 1.82) is 0 Å². The molecule has 3 heteroatoms. The van der Waals surface area contributed by atoms with Crippen LogP contribution < -0.4 is 11.1 Å². The maximum absolute atomic E-state index is 11.9. The number of nitrogens with one attached hydrogen (secondary N) is 1. The molecule has 3 atom stereocenters. The van der Waals surface area contributed by atoms with Gasteiger partial charge in [-0.3, -0.25) is 4.79 Å². The molecule has 0 aromatic carbocycles. The largest absolute Gasteiger partial charge is 0.356 e. The first-order chi connectivity index (χ1) is 7.00. The van der Waals surface area contributed by atoms with Crippen LogP contribution in [-0.2, 0) is 4.79 Å². The first kappa shape index (κ1) is 12.5. The number of amides is 1. The van der Waals surface area contributed by atoms with Gasteiger partial charge in [0.15, 0.2) is 0 Å². The first-order valence-corrected chi connectivity index (χ1v) is 6.04. The Morgan fingerprint density at radius 3 is 2.73 bits per heavy atom. The minimum absolute atomic E-state index is 0.132. The predicted molar refractivity (Wildman–Crippen MR) is 62.3 cm³/mol. The van der Waals surface area contributed by atoms with Gasteiger partial charge in [0.2, 0.25) is 5.91 Å². The van der Waals surface area contributed by atoms with Crippen molar-refractivity contribution in [2.24, 2.45) is 23.5 Å². The van der Waals surface area contributed by atoms with Crippen LogP contribution in [0.15, 0.2) is 0 Å². The molecule has 0 aromatic rings. The molecule has 0 aromatic heterocycles. The van der Waals surface area contributed by atoms with E-state index in [4.69, 9.17) is 5.73 Å². The summed E-state index contributed by atoms with van der Waals surface area (Å²) in [4.78, 5) is 11.9. The Balaban J connectivity index is 2.42. The van der Waals surface area contributed by atoms with E-state index in [1.54, 1.807) is 0 Å². The lowest BCUT2D eigenvalue weighted by Gasteiger charge is -2.31. The highest BCUT2D eigenvalue weighted by Crippen LogP contribution is 2.29. The Morgan fingerprint density at radius 1 is 1.47 bits per heavy atom. The molecule has 3 N–H and O–H groups in total. The Morgan fingerprint density at radius 2 is 2.13 bits per heavy atom. The zero-order chi connectivity index (χ0) is 11.4. The lowest BCUT2D eigenvalue weighted by molar-refractivity contribution is -0.127. The summed E-state index contributed by atoms with van der Waals surface area (Å²) in [5.41, 5.74) is 5.90. The van der Waals surface area contributed by atoms with Crippen LogP contribution in [-0.4, -0.2) is 18.5 Å². The fourth-order valence-electron chi connectivity index (χ4n) is 2.16. The molecule has 15 heavy (non-hydrogen) atoms. The molecule has 1 fully saturated rings. The molecule has 3 nitrogen and oxygen atoms in total. The van der Waals surface area contributed by atoms with E-state index >= 15 is 0 Å². The minimum Gasteiger partial charge on any atom is -0.356 e. The molecule has 3 unspecified atom stereocenters. The maximum Gasteiger partial charge on any atom is 0.223 e. The maximum atomic E-state index is 11.9. The van der Waals surface area contributed by atoms with E-state index in [1.165, 1.54) is 0 Å². The van der Waals surface area contributed by atoms with Gasteiger partial charge in [-0.1, -0.05) is 20.8 Å². The molecule has 88 valence electrons. The van der Waals surface area contributed by atoms with Crippen molar-refractivity contribution in [2.75, 3.05) is 6.54 Å². The smallest absolute Gasteiger partial charge is 0.223 e. The minimum atomic E-state index is 0.132. The zero-order valence-electron chi connectivity index (χ0n) is 10.1. The number of hydrogen-bond donors (Lipinski definition) is 2. The van der Waals surface area contributed by atoms with Crippen LogP contribution in [0.3, 0.4) is 0 Å². The van der Waals surface area contributed by atoms with Crippen molar-refractivity contribution in [2.45, 2.75) is 46.1 Å². The third-order valence-electron chi connectivity index (χ3n) is 3.26. The van der Waals surface area contributed by atoms with Gasteiger partial charge in [0, 0.05) is 18.5 Å². The number of nitrogens with two attached hydrogens (primary N) is 1. The van der Waals surface area contributed by atoms with E-state index in [0.29, 0.717) is 11.8 Å². The molecule has 1 saturated carbocycles. The molecular formula is C12H24N2O. The van der Waals surface area contributed by atoms with Gasteiger partial charge in [0.05, 0.1) is 0 Å². The second-order valence-corrected chi connectivity index (χ2v) is 5.30. The highest BCUT2D eigenvalue weighted by atomic mass is 16.1. The topological polar surface area (TPSA) is 55.1 Å². The molecule has 1 aliphatic rings. The molecular weight excluding hydrogens is 188 g/mol. The second kappa shape index (κ2) is 5.50. The Kier molecular flexibility index (Phi) is 4.58. The van der Waals surface area contributed by atoms with Gasteiger partial charge in [-0.25, -0.2) is 0 Å². The van der Waals surface area contributed by atoms with E-state index in [0.717, 1.165) is 25.8 Å². The molecule has 0 aliphatic heterocycles. The molecule has 1 amide bonds. The van der Waals surface area contributed by atoms with Crippen molar-refractivity contribution in [3.63, 3.8) is 0 Å². The van der Waals surface area contributed by atoms with Gasteiger partial charge in [-0.2, -0.15) is 0 Å². The van der Waals surface area contributed by atoms with Crippen LogP contribution in [0, 0.1) is 17.8 Å². The third-order valence-corrected chi connectivity index (χ3v) is 3.26. The molecule has 0 heterocycles. The molecule has 0 spiro atoms. The summed E-state index contributed by atoms with van der Waals surface area (Å²) in [7, 11) is 0. The summed E-state index contributed by atoms with van der Waals surface area (Å²) in [5.74, 6) is 1.33. The molecule has 0 saturated heterocycles. The van der Waals surface area contributed by atoms with E-state index in [9.17, 15) is 4.79 Å². The zero-order valence-corrected chi connectivity index (χ0v) is 10.1. The summed E-state index contributed by atoms with van der Waals surface area (Å²) in [6.07, 6.45) is 3.00. The first-order valence-electron chi connectivity index (χ1n) is 6.04. The molecule has 0 bridgehead atoms. The number of carbonyl (C=O) groups excluding carboxylic acids is 1. The van der Waals surface area contributed by atoms with Crippen LogP contribution >= 0.6 is 0 Å². The monoisotopic (exact) mass is 212 g/mol. The summed E-state index contributed by atoms with van der Waals surface area (Å²) in [6.45, 7) is 7.15. The third kappa shape index (κ3) is 3.82. The Bertz CT molecular complexity index is 216. The predicted octanol–water partition coefficient (Wildman–Crippen LogP) is 1.52. The van der Waals surface area contributed by atoms with Crippen molar-refractivity contribution in [3.8, 4) is 0 Å². The Labute approximate surface area is 92.8 Å². The SMILES string of the molecule is CC(C)CNC(=O)C1CC(N)CCC1C. The van der Waals surface area contributed by atoms with Crippen molar-refractivity contribution in [1.82, 2.24) is 5.32 Å². The van der Waals surface area contributed by atoms with Gasteiger partial charge in [-0.15, -0.1) is 0 Å². The summed E-state index contributed by atoms with van der Waals surface area (Å²) in [6, 6.07) is 0.219. The van der Waals surface area contributed by atoms with Crippen LogP contribution in [0.5, 0.6) is 0 Å². The van der Waals surface area contributed by atoms with Crippen molar-refractivity contribution in [3.05, 3.63) is 0 Å². The lowest BCUT2D eigenvalue weighted by Crippen LogP contribution is -2.42. The highest BCUT2D eigenvalue weighted by Gasteiger charge is 2.30. The van der Waals surface area contributed by atoms with Crippen LogP contribution in [0.25, 0.3) is 0 Å². The summed E-state index contributed by atoms with van der Waals surface area (Å²) < 4.78 is 0. The van der Waals surface area contributed by atoms with Gasteiger partial charge in [-0.05, 0) is 31.1 Å². The lowest BCUT2D eigenvalue weighted by atomic mass is 9.77. The fraction of sp³-hybridized carbons (Fsp3) is 0.917. The number of carbonyl (C=O) groups is 1. The average molecular weight is 212 g/mol. The standard InChI is InChI=1S/C12H24N2O/c1-8(2)7-14-12(15)11-6-10(13)5-4-9(11)3/h8-11H,4-7,13H2,1-3H3,(H,14,15). The fourth-order valence-corrected chi connectivity index (χ4v) is 2.16. The van der Waals surface area contributed by atoms with E-state index in [-0.39, 0.29) is 17.9 Å². The van der Waals surface area contributed by atoms with Crippen LogP contribution in [0.1, 0.15) is 40.0 Å². The average Bonchev–Trinajstić information content (AvgIpc) is 2.18. The van der Waals surface area contributed by atoms with E-state index < -0.39 is 0 Å². The van der Waals surface area contributed by atoms with Crippen LogP contribution in [0.4, 0.5) is 0 Å². The molecule has 1 aliphatic carbocycles. The Hall–Kier alpha value is -0.570. The van der Waals surface area contributed by atoms with Gasteiger partial charge < -0.3 is 11.1 Å². The quantitative estimate of drug-likeness (QED) is 0.745. The van der Waals surface area contributed by atoms with Crippen LogP contribution in [0.2, 0.25) is 0 Å². The van der Waals surface area contributed by atoms with Gasteiger partial charge in [0.1, 0.15) is 0 Å². The van der Waals surface area contributed by atoms with Crippen molar-refractivity contribution < 1.29 is 4.79 Å². The number of hydrogen-bond acceptors (Lipinski definition) is 2. The van der Waals surface area contributed by atoms with E-state index in [2.05, 4.69) is 26.1 Å². The van der Waals surface area contributed by atoms with E-state index in [1.807, 2.05) is 0 Å². The van der Waals surface area contributed by atoms with Crippen molar-refractivity contribution >= 4 is 5.91 Å². The molecule has 1 rings (SSSR count). The molecule has 0 radical (unpaired) electrons. The second-order valence-electron chi connectivity index (χ2n) is 5.30.